The number of aromatic nitrogens is 1. The first-order valence-corrected chi connectivity index (χ1v) is 11.9. The van der Waals surface area contributed by atoms with Gasteiger partial charge < -0.3 is 25.4 Å². The van der Waals surface area contributed by atoms with E-state index in [4.69, 9.17) is 9.47 Å². The third kappa shape index (κ3) is 5.56. The van der Waals surface area contributed by atoms with Gasteiger partial charge in [0, 0.05) is 29.5 Å². The van der Waals surface area contributed by atoms with Gasteiger partial charge in [0.15, 0.2) is 5.82 Å². The summed E-state index contributed by atoms with van der Waals surface area (Å²) < 4.78 is 15.1. The molecule has 0 fully saturated rings. The van der Waals surface area contributed by atoms with Gasteiger partial charge >= 0.3 is 6.03 Å². The van der Waals surface area contributed by atoms with Crippen molar-refractivity contribution >= 4 is 34.8 Å². The number of hydrogen-bond acceptors (Lipinski definition) is 7. The Bertz CT molecular complexity index is 1410. The van der Waals surface area contributed by atoms with E-state index in [0.717, 1.165) is 27.3 Å². The summed E-state index contributed by atoms with van der Waals surface area (Å²) in [5.74, 6) is 1.90. The second-order valence-electron chi connectivity index (χ2n) is 7.85. The molecular weight excluding hydrogens is 474 g/mol. The van der Waals surface area contributed by atoms with Gasteiger partial charge in [-0.25, -0.2) is 4.79 Å². The van der Waals surface area contributed by atoms with Crippen LogP contribution in [0.5, 0.6) is 11.5 Å². The highest BCUT2D eigenvalue weighted by Crippen LogP contribution is 2.34. The molecule has 9 heteroatoms. The summed E-state index contributed by atoms with van der Waals surface area (Å²) >= 11 is 1.24. The van der Waals surface area contributed by atoms with Crippen LogP contribution in [0.25, 0.3) is 10.4 Å². The number of anilines is 3. The minimum Gasteiger partial charge on any atom is -0.497 e. The molecule has 8 nitrogen and oxygen atoms in total. The second-order valence-corrected chi connectivity index (χ2v) is 8.62. The molecule has 4 rings (SSSR count). The van der Waals surface area contributed by atoms with Gasteiger partial charge in [-0.05, 0) is 59.9 Å². The molecule has 36 heavy (non-hydrogen) atoms. The predicted molar refractivity (Wildman–Crippen MR) is 143 cm³/mol. The molecule has 3 N–H and O–H groups in total. The number of nitrogens with one attached hydrogen (secondary N) is 3. The van der Waals surface area contributed by atoms with E-state index in [9.17, 15) is 10.1 Å². The Labute approximate surface area is 213 Å². The Kier molecular flexibility index (Phi) is 7.68. The normalized spacial score (nSPS) is 10.3. The van der Waals surface area contributed by atoms with E-state index >= 15 is 0 Å². The number of rotatable bonds is 8. The van der Waals surface area contributed by atoms with Crippen molar-refractivity contribution in [1.29, 1.82) is 5.26 Å². The van der Waals surface area contributed by atoms with Crippen LogP contribution in [0.3, 0.4) is 0 Å². The number of benzene rings is 3. The highest BCUT2D eigenvalue weighted by molar-refractivity contribution is 7.10. The number of para-hydroxylation sites is 1. The molecule has 2 amide bonds. The van der Waals surface area contributed by atoms with Crippen LogP contribution in [0, 0.1) is 18.3 Å². The standard InChI is InChI=1S/C27H25N5O3S/c1-17-6-4-5-7-23(17)31-27(33)30-20-11-8-18(9-12-20)25-22(15-28)26(32-36-25)29-16-19-10-13-21(34-2)14-24(19)35-3/h4-14H,16H2,1-3H3,(H,29,32)(H2,30,31,33). The van der Waals surface area contributed by atoms with Crippen molar-refractivity contribution in [2.45, 2.75) is 13.5 Å². The quantitative estimate of drug-likeness (QED) is 0.264. The minimum atomic E-state index is -0.326. The number of hydrogen-bond donors (Lipinski definition) is 3. The molecule has 0 saturated carbocycles. The number of aryl methyl sites for hydroxylation is 1. The van der Waals surface area contributed by atoms with Crippen molar-refractivity contribution in [3.05, 3.63) is 83.4 Å². The topological polar surface area (TPSA) is 108 Å². The van der Waals surface area contributed by atoms with Crippen LogP contribution in [0.2, 0.25) is 0 Å². The van der Waals surface area contributed by atoms with Crippen LogP contribution in [0.4, 0.5) is 22.0 Å². The van der Waals surface area contributed by atoms with Gasteiger partial charge in [-0.15, -0.1) is 0 Å². The zero-order chi connectivity index (χ0) is 25.5. The maximum absolute atomic E-state index is 12.4. The van der Waals surface area contributed by atoms with E-state index in [1.165, 1.54) is 11.5 Å². The van der Waals surface area contributed by atoms with Gasteiger partial charge in [0.25, 0.3) is 0 Å². The van der Waals surface area contributed by atoms with Crippen LogP contribution in [-0.2, 0) is 6.54 Å². The Morgan fingerprint density at radius 3 is 2.50 bits per heavy atom. The van der Waals surface area contributed by atoms with Crippen LogP contribution >= 0.6 is 11.5 Å². The Balaban J connectivity index is 1.44. The molecule has 0 aliphatic carbocycles. The van der Waals surface area contributed by atoms with Gasteiger partial charge in [0.05, 0.1) is 19.1 Å². The zero-order valence-electron chi connectivity index (χ0n) is 20.1. The van der Waals surface area contributed by atoms with E-state index in [-0.39, 0.29) is 6.03 Å². The number of amides is 2. The molecule has 0 radical (unpaired) electrons. The Hall–Kier alpha value is -4.55. The minimum absolute atomic E-state index is 0.326. The molecule has 182 valence electrons. The summed E-state index contributed by atoms with van der Waals surface area (Å²) in [6, 6.07) is 22.4. The Morgan fingerprint density at radius 2 is 1.81 bits per heavy atom. The maximum Gasteiger partial charge on any atom is 0.323 e. The molecule has 0 saturated heterocycles. The fourth-order valence-electron chi connectivity index (χ4n) is 3.59. The van der Waals surface area contributed by atoms with Crippen molar-refractivity contribution in [2.75, 3.05) is 30.2 Å². The van der Waals surface area contributed by atoms with Crippen LogP contribution in [0.15, 0.2) is 66.7 Å². The number of carbonyl (C=O) groups excluding carboxylic acids is 1. The van der Waals surface area contributed by atoms with E-state index in [2.05, 4.69) is 26.4 Å². The number of methoxy groups -OCH3 is 2. The van der Waals surface area contributed by atoms with Crippen molar-refractivity contribution in [3.63, 3.8) is 0 Å². The number of nitrogens with zero attached hydrogens (tertiary/aromatic N) is 2. The van der Waals surface area contributed by atoms with Gasteiger partial charge in [-0.1, -0.05) is 30.3 Å². The smallest absolute Gasteiger partial charge is 0.323 e. The summed E-state index contributed by atoms with van der Waals surface area (Å²) in [6.07, 6.45) is 0. The van der Waals surface area contributed by atoms with E-state index in [0.29, 0.717) is 35.1 Å². The van der Waals surface area contributed by atoms with Gasteiger partial charge in [-0.3, -0.25) is 0 Å². The lowest BCUT2D eigenvalue weighted by molar-refractivity contribution is 0.262. The molecule has 0 aliphatic rings. The average Bonchev–Trinajstić information content (AvgIpc) is 3.32. The third-order valence-corrected chi connectivity index (χ3v) is 6.44. The molecule has 0 spiro atoms. The van der Waals surface area contributed by atoms with Crippen molar-refractivity contribution in [1.82, 2.24) is 4.37 Å². The monoisotopic (exact) mass is 499 g/mol. The molecular formula is C27H25N5O3S. The average molecular weight is 500 g/mol. The Morgan fingerprint density at radius 1 is 1.03 bits per heavy atom. The van der Waals surface area contributed by atoms with Crippen molar-refractivity contribution < 1.29 is 14.3 Å². The SMILES string of the molecule is COc1ccc(CNc2nsc(-c3ccc(NC(=O)Nc4ccccc4C)cc3)c2C#N)c(OC)c1. The molecule has 0 aliphatic heterocycles. The molecule has 1 heterocycles. The first-order valence-electron chi connectivity index (χ1n) is 11.1. The summed E-state index contributed by atoms with van der Waals surface area (Å²) in [4.78, 5) is 13.1. The highest BCUT2D eigenvalue weighted by atomic mass is 32.1. The van der Waals surface area contributed by atoms with E-state index < -0.39 is 0 Å². The van der Waals surface area contributed by atoms with Crippen LogP contribution < -0.4 is 25.4 Å². The largest absolute Gasteiger partial charge is 0.497 e. The molecule has 0 unspecified atom stereocenters. The summed E-state index contributed by atoms with van der Waals surface area (Å²) in [7, 11) is 3.20. The van der Waals surface area contributed by atoms with E-state index in [1.807, 2.05) is 61.5 Å². The van der Waals surface area contributed by atoms with Crippen LogP contribution in [0.1, 0.15) is 16.7 Å². The van der Waals surface area contributed by atoms with Gasteiger partial charge in [0.1, 0.15) is 23.1 Å². The molecule has 0 atom stereocenters. The van der Waals surface area contributed by atoms with Crippen molar-refractivity contribution in [2.24, 2.45) is 0 Å². The number of nitriles is 1. The van der Waals surface area contributed by atoms with Gasteiger partial charge in [-0.2, -0.15) is 9.64 Å². The molecule has 1 aromatic heterocycles. The zero-order valence-corrected chi connectivity index (χ0v) is 20.9. The molecule has 0 bridgehead atoms. The number of urea groups is 1. The maximum atomic E-state index is 12.4. The first-order chi connectivity index (χ1) is 17.5. The summed E-state index contributed by atoms with van der Waals surface area (Å²) in [5.41, 5.74) is 4.58. The lowest BCUT2D eigenvalue weighted by Gasteiger charge is -2.11. The molecule has 3 aromatic carbocycles. The fraction of sp³-hybridized carbons (Fsp3) is 0.148. The fourth-order valence-corrected chi connectivity index (χ4v) is 4.40. The van der Waals surface area contributed by atoms with E-state index in [1.54, 1.807) is 26.4 Å². The third-order valence-electron chi connectivity index (χ3n) is 5.54. The highest BCUT2D eigenvalue weighted by Gasteiger charge is 2.16. The van der Waals surface area contributed by atoms with Gasteiger partial charge in [0.2, 0.25) is 0 Å². The lowest BCUT2D eigenvalue weighted by atomic mass is 10.1. The predicted octanol–water partition coefficient (Wildman–Crippen LogP) is 6.26. The number of carbonyl (C=O) groups is 1. The van der Waals surface area contributed by atoms with Crippen molar-refractivity contribution in [3.8, 4) is 28.0 Å². The number of ether oxygens (including phenoxy) is 2. The lowest BCUT2D eigenvalue weighted by Crippen LogP contribution is -2.19. The second kappa shape index (κ2) is 11.3. The summed E-state index contributed by atoms with van der Waals surface area (Å²) in [6.45, 7) is 2.37. The first kappa shape index (κ1) is 24.6. The molecule has 4 aromatic rings. The summed E-state index contributed by atoms with van der Waals surface area (Å²) in [5, 5.41) is 18.7. The van der Waals surface area contributed by atoms with Crippen LogP contribution in [-0.4, -0.2) is 24.6 Å².